The first-order chi connectivity index (χ1) is 10.5. The fraction of sp³-hybridized carbons (Fsp3) is 0.250. The van der Waals surface area contributed by atoms with Gasteiger partial charge in [-0.2, -0.15) is 0 Å². The third-order valence-corrected chi connectivity index (χ3v) is 4.39. The molecule has 0 amide bonds. The minimum Gasteiger partial charge on any atom is -0.489 e. The van der Waals surface area contributed by atoms with Crippen LogP contribution < -0.4 is 9.46 Å². The quantitative estimate of drug-likeness (QED) is 0.847. The minimum atomic E-state index is -3.29. The number of benzene rings is 2. The number of halogens is 1. The molecule has 0 atom stereocenters. The van der Waals surface area contributed by atoms with Crippen LogP contribution >= 0.6 is 0 Å². The molecule has 4 nitrogen and oxygen atoms in total. The summed E-state index contributed by atoms with van der Waals surface area (Å²) in [5.74, 6) is 0.370. The van der Waals surface area contributed by atoms with E-state index < -0.39 is 10.0 Å². The second-order valence-electron chi connectivity index (χ2n) is 4.86. The summed E-state index contributed by atoms with van der Waals surface area (Å²) in [5.41, 5.74) is 1.22. The molecule has 0 bridgehead atoms. The van der Waals surface area contributed by atoms with Gasteiger partial charge >= 0.3 is 0 Å². The predicted octanol–water partition coefficient (Wildman–Crippen LogP) is 3.56. The summed E-state index contributed by atoms with van der Waals surface area (Å²) in [7, 11) is -3.29. The van der Waals surface area contributed by atoms with Crippen molar-refractivity contribution in [2.75, 3.05) is 10.5 Å². The molecule has 0 heterocycles. The molecule has 2 aromatic rings. The van der Waals surface area contributed by atoms with E-state index in [1.165, 1.54) is 12.1 Å². The summed E-state index contributed by atoms with van der Waals surface area (Å²) < 4.78 is 44.4. The Morgan fingerprint density at radius 1 is 1.14 bits per heavy atom. The second kappa shape index (κ2) is 7.26. The molecule has 2 aromatic carbocycles. The molecule has 22 heavy (non-hydrogen) atoms. The first kappa shape index (κ1) is 16.3. The predicted molar refractivity (Wildman–Crippen MR) is 84.9 cm³/mol. The van der Waals surface area contributed by atoms with Crippen LogP contribution in [0.15, 0.2) is 48.5 Å². The molecular weight excluding hydrogens is 305 g/mol. The van der Waals surface area contributed by atoms with Crippen molar-refractivity contribution in [2.45, 2.75) is 20.0 Å². The maximum Gasteiger partial charge on any atom is 0.232 e. The van der Waals surface area contributed by atoms with Crippen LogP contribution in [0, 0.1) is 5.82 Å². The first-order valence-electron chi connectivity index (χ1n) is 6.96. The van der Waals surface area contributed by atoms with Gasteiger partial charge < -0.3 is 4.74 Å². The average molecular weight is 323 g/mol. The SMILES string of the molecule is CCCS(=O)(=O)Nc1ccc(OCc2cccc(F)c2)cc1. The molecule has 6 heteroatoms. The summed E-state index contributed by atoms with van der Waals surface area (Å²) in [6.07, 6.45) is 0.560. The van der Waals surface area contributed by atoms with Crippen molar-refractivity contribution in [3.05, 3.63) is 59.9 Å². The number of nitrogens with one attached hydrogen (secondary N) is 1. The molecule has 2 rings (SSSR count). The standard InChI is InChI=1S/C16H18FNO3S/c1-2-10-22(19,20)18-15-6-8-16(9-7-15)21-12-13-4-3-5-14(17)11-13/h3-9,11,18H,2,10,12H2,1H3. The van der Waals surface area contributed by atoms with E-state index in [9.17, 15) is 12.8 Å². The molecule has 0 aliphatic heterocycles. The third kappa shape index (κ3) is 5.04. The molecule has 0 radical (unpaired) electrons. The zero-order chi connectivity index (χ0) is 16.0. The number of ether oxygens (including phenoxy) is 1. The maximum absolute atomic E-state index is 13.0. The van der Waals surface area contributed by atoms with Crippen molar-refractivity contribution >= 4 is 15.7 Å². The summed E-state index contributed by atoms with van der Waals surface area (Å²) in [4.78, 5) is 0. The van der Waals surface area contributed by atoms with Gasteiger partial charge in [-0.05, 0) is 48.4 Å². The average Bonchev–Trinajstić information content (AvgIpc) is 2.46. The fourth-order valence-corrected chi connectivity index (χ4v) is 3.05. The van der Waals surface area contributed by atoms with Crippen molar-refractivity contribution in [1.82, 2.24) is 0 Å². The minimum absolute atomic E-state index is 0.0881. The Hall–Kier alpha value is -2.08. The lowest BCUT2D eigenvalue weighted by atomic mass is 10.2. The van der Waals surface area contributed by atoms with Crippen molar-refractivity contribution in [2.24, 2.45) is 0 Å². The molecular formula is C16H18FNO3S. The Morgan fingerprint density at radius 3 is 2.50 bits per heavy atom. The van der Waals surface area contributed by atoms with Crippen LogP contribution in [0.1, 0.15) is 18.9 Å². The smallest absolute Gasteiger partial charge is 0.232 e. The van der Waals surface area contributed by atoms with Gasteiger partial charge in [0.05, 0.1) is 5.75 Å². The Bertz CT molecular complexity index is 714. The lowest BCUT2D eigenvalue weighted by molar-refractivity contribution is 0.305. The number of sulfonamides is 1. The molecule has 0 saturated carbocycles. The van der Waals surface area contributed by atoms with Gasteiger partial charge in [0.1, 0.15) is 18.2 Å². The van der Waals surface area contributed by atoms with Gasteiger partial charge in [0, 0.05) is 5.69 Å². The summed E-state index contributed by atoms with van der Waals surface area (Å²) in [6.45, 7) is 2.06. The number of hydrogen-bond acceptors (Lipinski definition) is 3. The van der Waals surface area contributed by atoms with E-state index in [-0.39, 0.29) is 18.2 Å². The van der Waals surface area contributed by atoms with Crippen LogP contribution in [0.25, 0.3) is 0 Å². The molecule has 0 saturated heterocycles. The third-order valence-electron chi connectivity index (χ3n) is 2.90. The topological polar surface area (TPSA) is 55.4 Å². The van der Waals surface area contributed by atoms with Crippen LogP contribution in [0.3, 0.4) is 0 Å². The van der Waals surface area contributed by atoms with Crippen LogP contribution in [0.4, 0.5) is 10.1 Å². The molecule has 0 aliphatic rings. The van der Waals surface area contributed by atoms with Gasteiger partial charge in [-0.25, -0.2) is 12.8 Å². The molecule has 1 N–H and O–H groups in total. The summed E-state index contributed by atoms with van der Waals surface area (Å²) >= 11 is 0. The zero-order valence-corrected chi connectivity index (χ0v) is 13.1. The van der Waals surface area contributed by atoms with E-state index >= 15 is 0 Å². The fourth-order valence-electron chi connectivity index (χ4n) is 1.91. The van der Waals surface area contributed by atoms with Gasteiger partial charge in [0.25, 0.3) is 0 Å². The molecule has 0 spiro atoms. The van der Waals surface area contributed by atoms with Crippen LogP contribution in [-0.2, 0) is 16.6 Å². The van der Waals surface area contributed by atoms with Crippen molar-refractivity contribution in [3.63, 3.8) is 0 Å². The monoisotopic (exact) mass is 323 g/mol. The highest BCUT2D eigenvalue weighted by Gasteiger charge is 2.08. The van der Waals surface area contributed by atoms with E-state index in [4.69, 9.17) is 4.74 Å². The first-order valence-corrected chi connectivity index (χ1v) is 8.61. The van der Waals surface area contributed by atoms with E-state index in [0.717, 1.165) is 5.56 Å². The highest BCUT2D eigenvalue weighted by molar-refractivity contribution is 7.92. The number of hydrogen-bond donors (Lipinski definition) is 1. The Morgan fingerprint density at radius 2 is 1.86 bits per heavy atom. The Balaban J connectivity index is 1.94. The van der Waals surface area contributed by atoms with Gasteiger partial charge in [0.15, 0.2) is 0 Å². The van der Waals surface area contributed by atoms with Gasteiger partial charge in [-0.15, -0.1) is 0 Å². The number of anilines is 1. The highest BCUT2D eigenvalue weighted by Crippen LogP contribution is 2.18. The van der Waals surface area contributed by atoms with Crippen molar-refractivity contribution in [1.29, 1.82) is 0 Å². The lowest BCUT2D eigenvalue weighted by Crippen LogP contribution is -2.15. The van der Waals surface area contributed by atoms with E-state index in [1.54, 1.807) is 36.4 Å². The van der Waals surface area contributed by atoms with Crippen molar-refractivity contribution in [3.8, 4) is 5.75 Å². The zero-order valence-electron chi connectivity index (χ0n) is 12.3. The molecule has 0 unspecified atom stereocenters. The van der Waals surface area contributed by atoms with Gasteiger partial charge in [-0.3, -0.25) is 4.72 Å². The summed E-state index contributed by atoms with van der Waals surface area (Å²) in [6, 6.07) is 12.8. The van der Waals surface area contributed by atoms with E-state index in [2.05, 4.69) is 4.72 Å². The molecule has 0 aromatic heterocycles. The lowest BCUT2D eigenvalue weighted by Gasteiger charge is -2.09. The van der Waals surface area contributed by atoms with Crippen LogP contribution in [-0.4, -0.2) is 14.2 Å². The van der Waals surface area contributed by atoms with Crippen LogP contribution in [0.2, 0.25) is 0 Å². The second-order valence-corrected chi connectivity index (χ2v) is 6.71. The number of rotatable bonds is 7. The van der Waals surface area contributed by atoms with Crippen molar-refractivity contribution < 1.29 is 17.5 Å². The van der Waals surface area contributed by atoms with E-state index in [1.807, 2.05) is 6.92 Å². The maximum atomic E-state index is 13.0. The molecule has 0 aliphatic carbocycles. The molecule has 118 valence electrons. The highest BCUT2D eigenvalue weighted by atomic mass is 32.2. The molecule has 0 fully saturated rings. The largest absolute Gasteiger partial charge is 0.489 e. The normalized spacial score (nSPS) is 11.2. The van der Waals surface area contributed by atoms with Gasteiger partial charge in [-0.1, -0.05) is 19.1 Å². The summed E-state index contributed by atoms with van der Waals surface area (Å²) in [5, 5.41) is 0. The Kier molecular flexibility index (Phi) is 5.38. The van der Waals surface area contributed by atoms with E-state index in [0.29, 0.717) is 17.9 Å². The Labute approximate surface area is 130 Å². The van der Waals surface area contributed by atoms with Gasteiger partial charge in [0.2, 0.25) is 10.0 Å². The van der Waals surface area contributed by atoms with Crippen LogP contribution in [0.5, 0.6) is 5.75 Å².